The van der Waals surface area contributed by atoms with E-state index in [0.29, 0.717) is 12.5 Å². The Labute approximate surface area is 218 Å². The van der Waals surface area contributed by atoms with Crippen LogP contribution in [0.25, 0.3) is 0 Å². The highest BCUT2D eigenvalue weighted by Crippen LogP contribution is 2.30. The Morgan fingerprint density at radius 1 is 1.00 bits per heavy atom. The van der Waals surface area contributed by atoms with E-state index in [1.165, 1.54) is 11.1 Å². The second-order valence-corrected chi connectivity index (χ2v) is 9.92. The van der Waals surface area contributed by atoms with Gasteiger partial charge in [-0.15, -0.1) is 12.6 Å². The van der Waals surface area contributed by atoms with Crippen LogP contribution in [0.5, 0.6) is 0 Å². The van der Waals surface area contributed by atoms with Gasteiger partial charge in [-0.1, -0.05) is 72.8 Å². The van der Waals surface area contributed by atoms with Crippen LogP contribution >= 0.6 is 24.2 Å². The predicted octanol–water partition coefficient (Wildman–Crippen LogP) is 6.43. The van der Waals surface area contributed by atoms with E-state index < -0.39 is 6.04 Å². The summed E-state index contributed by atoms with van der Waals surface area (Å²) in [6.07, 6.45) is 2.97. The molecule has 4 nitrogen and oxygen atoms in total. The van der Waals surface area contributed by atoms with Gasteiger partial charge in [-0.05, 0) is 66.1 Å². The lowest BCUT2D eigenvalue weighted by Crippen LogP contribution is -2.34. The summed E-state index contributed by atoms with van der Waals surface area (Å²) in [5.41, 5.74) is 4.23. The third-order valence-corrected chi connectivity index (χ3v) is 7.11. The topological polar surface area (TPSA) is 44.4 Å². The van der Waals surface area contributed by atoms with Crippen LogP contribution in [0.1, 0.15) is 41.5 Å². The Hall–Kier alpha value is -2.73. The van der Waals surface area contributed by atoms with E-state index in [4.69, 9.17) is 11.6 Å². The SMILES string of the molecule is C=C(S)N1CCC(c2ccc(NC(=O)C(NCCc3ccc(Cl)cc3)c3ccccc3)cc2)CC1. The molecule has 1 aliphatic rings. The fraction of sp³-hybridized carbons (Fsp3) is 0.276. The molecule has 1 amide bonds. The van der Waals surface area contributed by atoms with Crippen LogP contribution in [0.3, 0.4) is 0 Å². The van der Waals surface area contributed by atoms with E-state index in [-0.39, 0.29) is 5.91 Å². The fourth-order valence-corrected chi connectivity index (χ4v) is 4.87. The molecule has 0 aliphatic carbocycles. The van der Waals surface area contributed by atoms with Crippen molar-refractivity contribution in [1.29, 1.82) is 0 Å². The lowest BCUT2D eigenvalue weighted by Gasteiger charge is -2.33. The van der Waals surface area contributed by atoms with Crippen molar-refractivity contribution >= 4 is 35.8 Å². The monoisotopic (exact) mass is 505 g/mol. The normalized spacial score (nSPS) is 15.0. The van der Waals surface area contributed by atoms with Crippen molar-refractivity contribution in [3.8, 4) is 0 Å². The molecule has 1 fully saturated rings. The number of nitrogens with one attached hydrogen (secondary N) is 2. The molecular formula is C29H32ClN3OS. The van der Waals surface area contributed by atoms with Crippen molar-refractivity contribution in [3.63, 3.8) is 0 Å². The number of rotatable bonds is 9. The smallest absolute Gasteiger partial charge is 0.246 e. The summed E-state index contributed by atoms with van der Waals surface area (Å²) < 4.78 is 0. The molecule has 6 heteroatoms. The minimum Gasteiger partial charge on any atom is -0.367 e. The number of hydrogen-bond acceptors (Lipinski definition) is 4. The number of carbonyl (C=O) groups is 1. The number of carbonyl (C=O) groups excluding carboxylic acids is 1. The van der Waals surface area contributed by atoms with Gasteiger partial charge in [0.1, 0.15) is 6.04 Å². The first-order valence-electron chi connectivity index (χ1n) is 12.1. The van der Waals surface area contributed by atoms with Crippen molar-refractivity contribution in [1.82, 2.24) is 10.2 Å². The molecule has 2 N–H and O–H groups in total. The van der Waals surface area contributed by atoms with Crippen LogP contribution in [0.2, 0.25) is 5.02 Å². The largest absolute Gasteiger partial charge is 0.367 e. The Bertz CT molecular complexity index is 1110. The van der Waals surface area contributed by atoms with E-state index in [1.807, 2.05) is 66.7 Å². The van der Waals surface area contributed by atoms with Gasteiger partial charge in [-0.2, -0.15) is 0 Å². The third-order valence-electron chi connectivity index (χ3n) is 6.58. The van der Waals surface area contributed by atoms with Gasteiger partial charge >= 0.3 is 0 Å². The number of hydrogen-bond donors (Lipinski definition) is 3. The Morgan fingerprint density at radius 3 is 2.29 bits per heavy atom. The number of thiol groups is 1. The summed E-state index contributed by atoms with van der Waals surface area (Å²) in [7, 11) is 0. The molecule has 0 radical (unpaired) electrons. The van der Waals surface area contributed by atoms with Gasteiger partial charge in [-0.3, -0.25) is 4.79 Å². The summed E-state index contributed by atoms with van der Waals surface area (Å²) in [5, 5.41) is 8.10. The van der Waals surface area contributed by atoms with E-state index in [9.17, 15) is 4.79 Å². The first kappa shape index (κ1) is 25.4. The highest BCUT2D eigenvalue weighted by molar-refractivity contribution is 7.84. The van der Waals surface area contributed by atoms with Crippen LogP contribution in [0.15, 0.2) is 90.5 Å². The maximum Gasteiger partial charge on any atom is 0.246 e. The Balaban J connectivity index is 1.37. The van der Waals surface area contributed by atoms with Crippen LogP contribution in [-0.4, -0.2) is 30.4 Å². The van der Waals surface area contributed by atoms with Gasteiger partial charge < -0.3 is 15.5 Å². The second-order valence-electron chi connectivity index (χ2n) is 8.96. The van der Waals surface area contributed by atoms with Crippen molar-refractivity contribution < 1.29 is 4.79 Å². The molecule has 3 aromatic carbocycles. The van der Waals surface area contributed by atoms with Gasteiger partial charge in [0.25, 0.3) is 0 Å². The van der Waals surface area contributed by atoms with Gasteiger partial charge in [0.2, 0.25) is 5.91 Å². The van der Waals surface area contributed by atoms with Crippen molar-refractivity contribution in [3.05, 3.63) is 112 Å². The van der Waals surface area contributed by atoms with E-state index >= 15 is 0 Å². The highest BCUT2D eigenvalue weighted by Gasteiger charge is 2.22. The van der Waals surface area contributed by atoms with Crippen LogP contribution < -0.4 is 10.6 Å². The zero-order valence-corrected chi connectivity index (χ0v) is 21.4. The zero-order valence-electron chi connectivity index (χ0n) is 19.8. The average Bonchev–Trinajstić information content (AvgIpc) is 2.88. The van der Waals surface area contributed by atoms with Gasteiger partial charge in [0.05, 0.1) is 5.03 Å². The number of anilines is 1. The predicted molar refractivity (Wildman–Crippen MR) is 149 cm³/mol. The molecule has 0 aromatic heterocycles. The number of nitrogens with zero attached hydrogens (tertiary/aromatic N) is 1. The first-order valence-corrected chi connectivity index (χ1v) is 12.9. The molecule has 1 aliphatic heterocycles. The van der Waals surface area contributed by atoms with E-state index in [2.05, 4.69) is 46.9 Å². The van der Waals surface area contributed by atoms with E-state index in [0.717, 1.165) is 53.7 Å². The molecule has 1 heterocycles. The van der Waals surface area contributed by atoms with Crippen LogP contribution in [-0.2, 0) is 11.2 Å². The summed E-state index contributed by atoms with van der Waals surface area (Å²) in [6, 6.07) is 25.5. The van der Waals surface area contributed by atoms with Gasteiger partial charge in [-0.25, -0.2) is 0 Å². The van der Waals surface area contributed by atoms with E-state index in [1.54, 1.807) is 0 Å². The first-order chi connectivity index (χ1) is 17.0. The molecule has 1 saturated heterocycles. The van der Waals surface area contributed by atoms with Crippen molar-refractivity contribution in [2.75, 3.05) is 25.0 Å². The second kappa shape index (κ2) is 12.3. The fourth-order valence-electron chi connectivity index (χ4n) is 4.54. The molecule has 35 heavy (non-hydrogen) atoms. The number of piperidine rings is 1. The summed E-state index contributed by atoms with van der Waals surface area (Å²) >= 11 is 10.4. The van der Waals surface area contributed by atoms with Crippen LogP contribution in [0.4, 0.5) is 5.69 Å². The molecule has 182 valence electrons. The van der Waals surface area contributed by atoms with Crippen LogP contribution in [0, 0.1) is 0 Å². The molecule has 0 spiro atoms. The molecule has 0 saturated carbocycles. The molecule has 1 atom stereocenters. The molecular weight excluding hydrogens is 474 g/mol. The number of benzene rings is 3. The third kappa shape index (κ3) is 7.14. The van der Waals surface area contributed by atoms with Crippen molar-refractivity contribution in [2.45, 2.75) is 31.2 Å². The van der Waals surface area contributed by atoms with Crippen molar-refractivity contribution in [2.24, 2.45) is 0 Å². The standard InChI is InChI=1S/C29H32ClN3OS/c1-21(35)33-19-16-24(17-20-33)23-9-13-27(14-10-23)32-29(34)28(25-5-3-2-4-6-25)31-18-15-22-7-11-26(30)12-8-22/h2-14,24,28,31,35H,1,15-20H2,(H,32,34). The minimum absolute atomic E-state index is 0.0688. The number of halogens is 1. The Morgan fingerprint density at radius 2 is 1.66 bits per heavy atom. The number of likely N-dealkylation sites (tertiary alicyclic amines) is 1. The molecule has 1 unspecified atom stereocenters. The molecule has 3 aromatic rings. The van der Waals surface area contributed by atoms with Gasteiger partial charge in [0, 0.05) is 30.3 Å². The minimum atomic E-state index is -0.443. The lowest BCUT2D eigenvalue weighted by atomic mass is 9.89. The maximum absolute atomic E-state index is 13.3. The average molecular weight is 506 g/mol. The lowest BCUT2D eigenvalue weighted by molar-refractivity contribution is -0.118. The highest BCUT2D eigenvalue weighted by atomic mass is 35.5. The zero-order chi connectivity index (χ0) is 24.6. The Kier molecular flexibility index (Phi) is 8.91. The quantitative estimate of drug-likeness (QED) is 0.293. The molecule has 0 bridgehead atoms. The molecule has 4 rings (SSSR count). The summed E-state index contributed by atoms with van der Waals surface area (Å²) in [6.45, 7) is 6.56. The summed E-state index contributed by atoms with van der Waals surface area (Å²) in [5.74, 6) is 0.455. The van der Waals surface area contributed by atoms with Gasteiger partial charge in [0.15, 0.2) is 0 Å². The summed E-state index contributed by atoms with van der Waals surface area (Å²) in [4.78, 5) is 15.5. The number of amides is 1. The maximum atomic E-state index is 13.3.